The Morgan fingerprint density at radius 1 is 1.40 bits per heavy atom. The third-order valence-corrected chi connectivity index (χ3v) is 3.21. The third kappa shape index (κ3) is 4.35. The van der Waals surface area contributed by atoms with Crippen LogP contribution in [0.5, 0.6) is 0 Å². The molecule has 1 heterocycles. The van der Waals surface area contributed by atoms with Gasteiger partial charge in [-0.25, -0.2) is 0 Å². The highest BCUT2D eigenvalue weighted by atomic mass is 32.1. The van der Waals surface area contributed by atoms with Crippen molar-refractivity contribution in [3.63, 3.8) is 0 Å². The second-order valence-electron chi connectivity index (χ2n) is 4.55. The summed E-state index contributed by atoms with van der Waals surface area (Å²) >= 11 is 5.05. The zero-order chi connectivity index (χ0) is 14.6. The van der Waals surface area contributed by atoms with Crippen LogP contribution in [0.2, 0.25) is 0 Å². The van der Waals surface area contributed by atoms with Gasteiger partial charge in [0.2, 0.25) is 0 Å². The molecule has 1 aliphatic heterocycles. The lowest BCUT2D eigenvalue weighted by Crippen LogP contribution is -2.34. The summed E-state index contributed by atoms with van der Waals surface area (Å²) in [6, 6.07) is 4.93. The Kier molecular flexibility index (Phi) is 4.82. The lowest BCUT2D eigenvalue weighted by Gasteiger charge is -2.15. The number of alkyl halides is 3. The first-order valence-corrected chi connectivity index (χ1v) is 6.70. The molecule has 1 fully saturated rings. The van der Waals surface area contributed by atoms with Gasteiger partial charge in [-0.05, 0) is 43.3 Å². The molecule has 1 atom stereocenters. The lowest BCUT2D eigenvalue weighted by molar-refractivity contribution is -0.137. The van der Waals surface area contributed by atoms with Gasteiger partial charge in [0.15, 0.2) is 5.11 Å². The predicted octanol–water partition coefficient (Wildman–Crippen LogP) is 3.17. The first-order chi connectivity index (χ1) is 9.45. The molecule has 0 aromatic heterocycles. The monoisotopic (exact) mass is 304 g/mol. The van der Waals surface area contributed by atoms with E-state index in [0.29, 0.717) is 17.3 Å². The maximum absolute atomic E-state index is 12.6. The molecule has 0 saturated carbocycles. The van der Waals surface area contributed by atoms with Crippen LogP contribution < -0.4 is 10.6 Å². The molecule has 1 unspecified atom stereocenters. The number of hydrogen-bond donors (Lipinski definition) is 2. The van der Waals surface area contributed by atoms with Crippen molar-refractivity contribution in [2.24, 2.45) is 0 Å². The Morgan fingerprint density at radius 3 is 2.85 bits per heavy atom. The SMILES string of the molecule is FC(F)(F)c1cccc(NC(=S)NCC2CCCO2)c1. The van der Waals surface area contributed by atoms with E-state index >= 15 is 0 Å². The van der Waals surface area contributed by atoms with E-state index in [-0.39, 0.29) is 6.10 Å². The van der Waals surface area contributed by atoms with Crippen molar-refractivity contribution >= 4 is 23.0 Å². The van der Waals surface area contributed by atoms with Crippen LogP contribution in [-0.2, 0) is 10.9 Å². The van der Waals surface area contributed by atoms with Gasteiger partial charge < -0.3 is 15.4 Å². The fourth-order valence-corrected chi connectivity index (χ4v) is 2.16. The summed E-state index contributed by atoms with van der Waals surface area (Å²) < 4.78 is 43.1. The van der Waals surface area contributed by atoms with Gasteiger partial charge in [0.1, 0.15) is 0 Å². The maximum Gasteiger partial charge on any atom is 0.416 e. The second-order valence-corrected chi connectivity index (χ2v) is 4.96. The van der Waals surface area contributed by atoms with Gasteiger partial charge in [-0.1, -0.05) is 6.07 Å². The molecule has 0 spiro atoms. The number of hydrogen-bond acceptors (Lipinski definition) is 2. The molecular formula is C13H15F3N2OS. The van der Waals surface area contributed by atoms with E-state index in [1.54, 1.807) is 0 Å². The minimum absolute atomic E-state index is 0.122. The van der Waals surface area contributed by atoms with Crippen LogP contribution >= 0.6 is 12.2 Å². The van der Waals surface area contributed by atoms with Crippen molar-refractivity contribution in [1.82, 2.24) is 5.32 Å². The van der Waals surface area contributed by atoms with Gasteiger partial charge in [-0.15, -0.1) is 0 Å². The number of thiocarbonyl (C=S) groups is 1. The molecule has 3 nitrogen and oxygen atoms in total. The van der Waals surface area contributed by atoms with E-state index < -0.39 is 11.7 Å². The highest BCUT2D eigenvalue weighted by Crippen LogP contribution is 2.30. The molecule has 0 bridgehead atoms. The highest BCUT2D eigenvalue weighted by Gasteiger charge is 2.30. The Hall–Kier alpha value is -1.34. The summed E-state index contributed by atoms with van der Waals surface area (Å²) in [6.45, 7) is 1.31. The fourth-order valence-electron chi connectivity index (χ4n) is 1.96. The van der Waals surface area contributed by atoms with Gasteiger partial charge in [-0.2, -0.15) is 13.2 Å². The van der Waals surface area contributed by atoms with Crippen LogP contribution in [0.15, 0.2) is 24.3 Å². The van der Waals surface area contributed by atoms with Gasteiger partial charge in [0, 0.05) is 18.8 Å². The van der Waals surface area contributed by atoms with Crippen molar-refractivity contribution in [2.75, 3.05) is 18.5 Å². The molecule has 20 heavy (non-hydrogen) atoms. The Morgan fingerprint density at radius 2 is 2.20 bits per heavy atom. The minimum atomic E-state index is -4.36. The Bertz CT molecular complexity index is 473. The van der Waals surface area contributed by atoms with E-state index in [2.05, 4.69) is 10.6 Å². The second kappa shape index (κ2) is 6.41. The van der Waals surface area contributed by atoms with Crippen LogP contribution in [0, 0.1) is 0 Å². The normalized spacial score (nSPS) is 18.9. The van der Waals surface area contributed by atoms with Crippen molar-refractivity contribution in [1.29, 1.82) is 0 Å². The van der Waals surface area contributed by atoms with E-state index in [1.807, 2.05) is 0 Å². The topological polar surface area (TPSA) is 33.3 Å². The number of halogens is 3. The van der Waals surface area contributed by atoms with Crippen LogP contribution in [0.3, 0.4) is 0 Å². The molecule has 1 saturated heterocycles. The van der Waals surface area contributed by atoms with Crippen molar-refractivity contribution in [3.8, 4) is 0 Å². The molecule has 110 valence electrons. The summed E-state index contributed by atoms with van der Waals surface area (Å²) in [6.07, 6.45) is -2.24. The Balaban J connectivity index is 1.87. The summed E-state index contributed by atoms with van der Waals surface area (Å²) in [5.41, 5.74) is -0.394. The van der Waals surface area contributed by atoms with Crippen LogP contribution in [0.4, 0.5) is 18.9 Å². The number of rotatable bonds is 3. The van der Waals surface area contributed by atoms with E-state index in [9.17, 15) is 13.2 Å². The smallest absolute Gasteiger partial charge is 0.376 e. The van der Waals surface area contributed by atoms with Gasteiger partial charge in [-0.3, -0.25) is 0 Å². The third-order valence-electron chi connectivity index (χ3n) is 2.96. The zero-order valence-electron chi connectivity index (χ0n) is 10.7. The number of ether oxygens (including phenoxy) is 1. The number of anilines is 1. The Labute approximate surface area is 120 Å². The predicted molar refractivity (Wildman–Crippen MR) is 74.6 cm³/mol. The quantitative estimate of drug-likeness (QED) is 0.840. The molecule has 1 aromatic rings. The molecule has 0 aliphatic carbocycles. The maximum atomic E-state index is 12.6. The van der Waals surface area contributed by atoms with Crippen LogP contribution in [0.1, 0.15) is 18.4 Å². The van der Waals surface area contributed by atoms with Crippen LogP contribution in [0.25, 0.3) is 0 Å². The highest BCUT2D eigenvalue weighted by molar-refractivity contribution is 7.80. The van der Waals surface area contributed by atoms with Crippen LogP contribution in [-0.4, -0.2) is 24.4 Å². The molecule has 1 aromatic carbocycles. The molecule has 2 N–H and O–H groups in total. The average molecular weight is 304 g/mol. The largest absolute Gasteiger partial charge is 0.416 e. The average Bonchev–Trinajstić information content (AvgIpc) is 2.89. The molecular weight excluding hydrogens is 289 g/mol. The minimum Gasteiger partial charge on any atom is -0.376 e. The van der Waals surface area contributed by atoms with Crippen molar-refractivity contribution in [2.45, 2.75) is 25.1 Å². The number of nitrogens with one attached hydrogen (secondary N) is 2. The molecule has 0 amide bonds. The summed E-state index contributed by atoms with van der Waals surface area (Å²) in [5, 5.41) is 5.98. The molecule has 7 heteroatoms. The van der Waals surface area contributed by atoms with Crippen molar-refractivity contribution in [3.05, 3.63) is 29.8 Å². The summed E-state index contributed by atoms with van der Waals surface area (Å²) in [7, 11) is 0. The van der Waals surface area contributed by atoms with E-state index in [1.165, 1.54) is 12.1 Å². The lowest BCUT2D eigenvalue weighted by atomic mass is 10.2. The first kappa shape index (κ1) is 15.1. The van der Waals surface area contributed by atoms with Gasteiger partial charge in [0.25, 0.3) is 0 Å². The standard InChI is InChI=1S/C13H15F3N2OS/c14-13(15,16)9-3-1-4-10(7-9)18-12(20)17-8-11-5-2-6-19-11/h1,3-4,7,11H,2,5-6,8H2,(H2,17,18,20). The van der Waals surface area contributed by atoms with E-state index in [4.69, 9.17) is 17.0 Å². The molecule has 0 radical (unpaired) electrons. The zero-order valence-corrected chi connectivity index (χ0v) is 11.5. The number of benzene rings is 1. The van der Waals surface area contributed by atoms with Gasteiger partial charge >= 0.3 is 6.18 Å². The van der Waals surface area contributed by atoms with Crippen molar-refractivity contribution < 1.29 is 17.9 Å². The molecule has 2 rings (SSSR count). The molecule has 1 aliphatic rings. The van der Waals surface area contributed by atoms with E-state index in [0.717, 1.165) is 31.6 Å². The summed E-state index contributed by atoms with van der Waals surface area (Å²) in [4.78, 5) is 0. The fraction of sp³-hybridized carbons (Fsp3) is 0.462. The van der Waals surface area contributed by atoms with Gasteiger partial charge in [0.05, 0.1) is 11.7 Å². The summed E-state index contributed by atoms with van der Waals surface area (Å²) in [5.74, 6) is 0. The first-order valence-electron chi connectivity index (χ1n) is 6.29.